The van der Waals surface area contributed by atoms with Crippen LogP contribution in [-0.4, -0.2) is 33.5 Å². The van der Waals surface area contributed by atoms with Crippen LogP contribution in [0.3, 0.4) is 0 Å². The van der Waals surface area contributed by atoms with Gasteiger partial charge < -0.3 is 28.8 Å². The molecule has 0 aromatic heterocycles. The van der Waals surface area contributed by atoms with E-state index in [9.17, 15) is 5.11 Å². The average molecular weight is 346 g/mol. The number of fused-ring (bicyclic) bond motifs is 1. The van der Waals surface area contributed by atoms with Crippen molar-refractivity contribution in [3.63, 3.8) is 0 Å². The van der Waals surface area contributed by atoms with Crippen LogP contribution in [0.25, 0.3) is 0 Å². The Bertz CT molecular complexity index is 746. The Morgan fingerprint density at radius 2 is 1.56 bits per heavy atom. The molecular weight excluding hydrogens is 324 g/mol. The van der Waals surface area contributed by atoms with Gasteiger partial charge in [0.2, 0.25) is 11.5 Å². The summed E-state index contributed by atoms with van der Waals surface area (Å²) >= 11 is 0. The number of ether oxygens (including phenoxy) is 5. The zero-order chi connectivity index (χ0) is 18.0. The fraction of sp³-hybridized carbons (Fsp3) is 0.368. The van der Waals surface area contributed by atoms with Gasteiger partial charge in [-0.1, -0.05) is 6.07 Å². The second-order valence-electron chi connectivity index (χ2n) is 5.71. The van der Waals surface area contributed by atoms with Crippen LogP contribution in [0.5, 0.6) is 34.5 Å². The quantitative estimate of drug-likeness (QED) is 0.894. The zero-order valence-corrected chi connectivity index (χ0v) is 14.8. The van der Waals surface area contributed by atoms with Crippen molar-refractivity contribution in [1.82, 2.24) is 0 Å². The van der Waals surface area contributed by atoms with E-state index in [4.69, 9.17) is 23.7 Å². The standard InChI is InChI=1S/C19H22O6/c1-21-14-8-6-11-5-7-13(25-18(11)17(14)20)12-9-15(22-2)19(24-4)16(10-12)23-3/h6,8-10,13,20H,5,7H2,1-4H3/t13-/m0/s1. The van der Waals surface area contributed by atoms with Gasteiger partial charge in [0, 0.05) is 0 Å². The molecule has 0 bridgehead atoms. The van der Waals surface area contributed by atoms with Crippen LogP contribution in [0.15, 0.2) is 24.3 Å². The summed E-state index contributed by atoms with van der Waals surface area (Å²) in [5.41, 5.74) is 1.85. The third-order valence-electron chi connectivity index (χ3n) is 4.39. The van der Waals surface area contributed by atoms with Crippen LogP contribution < -0.4 is 23.7 Å². The first kappa shape index (κ1) is 17.1. The first-order chi connectivity index (χ1) is 12.1. The maximum absolute atomic E-state index is 10.4. The monoisotopic (exact) mass is 346 g/mol. The SMILES string of the molecule is COc1ccc2c(c1O)O[C@H](c1cc(OC)c(OC)c(OC)c1)CC2. The van der Waals surface area contributed by atoms with E-state index in [1.165, 1.54) is 7.11 Å². The van der Waals surface area contributed by atoms with E-state index in [0.717, 1.165) is 24.0 Å². The smallest absolute Gasteiger partial charge is 0.203 e. The Labute approximate surface area is 146 Å². The van der Waals surface area contributed by atoms with Crippen molar-refractivity contribution in [1.29, 1.82) is 0 Å². The molecule has 134 valence electrons. The van der Waals surface area contributed by atoms with E-state index in [2.05, 4.69) is 0 Å². The first-order valence-electron chi connectivity index (χ1n) is 7.98. The van der Waals surface area contributed by atoms with Gasteiger partial charge in [-0.3, -0.25) is 0 Å². The van der Waals surface area contributed by atoms with Crippen LogP contribution in [-0.2, 0) is 6.42 Å². The lowest BCUT2D eigenvalue weighted by Crippen LogP contribution is -2.16. The molecule has 3 rings (SSSR count). The van der Waals surface area contributed by atoms with Crippen molar-refractivity contribution in [2.24, 2.45) is 0 Å². The number of aryl methyl sites for hydroxylation is 1. The molecule has 0 amide bonds. The largest absolute Gasteiger partial charge is 0.502 e. The van der Waals surface area contributed by atoms with E-state index in [-0.39, 0.29) is 11.9 Å². The number of phenols is 1. The molecule has 1 N–H and O–H groups in total. The Balaban J connectivity index is 1.99. The van der Waals surface area contributed by atoms with Crippen LogP contribution in [0.4, 0.5) is 0 Å². The molecule has 6 nitrogen and oxygen atoms in total. The summed E-state index contributed by atoms with van der Waals surface area (Å²) in [5.74, 6) is 2.56. The molecule has 6 heteroatoms. The van der Waals surface area contributed by atoms with Crippen molar-refractivity contribution in [3.8, 4) is 34.5 Å². The van der Waals surface area contributed by atoms with Crippen LogP contribution in [0, 0.1) is 0 Å². The second-order valence-corrected chi connectivity index (χ2v) is 5.71. The maximum atomic E-state index is 10.4. The number of hydrogen-bond acceptors (Lipinski definition) is 6. The zero-order valence-electron chi connectivity index (χ0n) is 14.8. The van der Waals surface area contributed by atoms with Gasteiger partial charge in [-0.15, -0.1) is 0 Å². The first-order valence-corrected chi connectivity index (χ1v) is 7.98. The van der Waals surface area contributed by atoms with Crippen molar-refractivity contribution < 1.29 is 28.8 Å². The topological polar surface area (TPSA) is 66.4 Å². The Morgan fingerprint density at radius 1 is 0.920 bits per heavy atom. The Morgan fingerprint density at radius 3 is 2.12 bits per heavy atom. The fourth-order valence-corrected chi connectivity index (χ4v) is 3.10. The van der Waals surface area contributed by atoms with Crippen molar-refractivity contribution in [2.45, 2.75) is 18.9 Å². The molecule has 1 aliphatic rings. The summed E-state index contributed by atoms with van der Waals surface area (Å²) < 4.78 is 27.4. The fourth-order valence-electron chi connectivity index (χ4n) is 3.10. The lowest BCUT2D eigenvalue weighted by Gasteiger charge is -2.28. The van der Waals surface area contributed by atoms with Crippen LogP contribution in [0.1, 0.15) is 23.7 Å². The number of benzene rings is 2. The molecule has 2 aromatic carbocycles. The lowest BCUT2D eigenvalue weighted by atomic mass is 9.96. The van der Waals surface area contributed by atoms with Gasteiger partial charge >= 0.3 is 0 Å². The van der Waals surface area contributed by atoms with E-state index in [0.29, 0.717) is 28.7 Å². The molecule has 0 radical (unpaired) electrons. The normalized spacial score (nSPS) is 15.8. The molecular formula is C19H22O6. The van der Waals surface area contributed by atoms with Crippen molar-refractivity contribution in [2.75, 3.05) is 28.4 Å². The minimum absolute atomic E-state index is 0.0251. The van der Waals surface area contributed by atoms with Crippen molar-refractivity contribution >= 4 is 0 Å². The summed E-state index contributed by atoms with van der Waals surface area (Å²) in [6, 6.07) is 7.40. The summed E-state index contributed by atoms with van der Waals surface area (Å²) in [7, 11) is 6.24. The molecule has 0 saturated heterocycles. The molecule has 0 spiro atoms. The molecule has 2 aromatic rings. The van der Waals surface area contributed by atoms with E-state index in [1.807, 2.05) is 18.2 Å². The highest BCUT2D eigenvalue weighted by molar-refractivity contribution is 5.57. The van der Waals surface area contributed by atoms with E-state index >= 15 is 0 Å². The highest BCUT2D eigenvalue weighted by Crippen LogP contribution is 2.47. The lowest BCUT2D eigenvalue weighted by molar-refractivity contribution is 0.166. The van der Waals surface area contributed by atoms with Gasteiger partial charge in [0.25, 0.3) is 0 Å². The van der Waals surface area contributed by atoms with Gasteiger partial charge in [-0.25, -0.2) is 0 Å². The van der Waals surface area contributed by atoms with Gasteiger partial charge in [-0.2, -0.15) is 0 Å². The van der Waals surface area contributed by atoms with E-state index < -0.39 is 0 Å². The van der Waals surface area contributed by atoms with Crippen LogP contribution >= 0.6 is 0 Å². The molecule has 0 aliphatic carbocycles. The van der Waals surface area contributed by atoms with Crippen molar-refractivity contribution in [3.05, 3.63) is 35.4 Å². The third kappa shape index (κ3) is 2.99. The molecule has 1 atom stereocenters. The number of methoxy groups -OCH3 is 4. The summed E-state index contributed by atoms with van der Waals surface area (Å²) in [6.45, 7) is 0. The van der Waals surface area contributed by atoms with Crippen LogP contribution in [0.2, 0.25) is 0 Å². The second kappa shape index (κ2) is 7.01. The van der Waals surface area contributed by atoms with Gasteiger partial charge in [-0.05, 0) is 42.2 Å². The maximum Gasteiger partial charge on any atom is 0.203 e. The predicted octanol–water partition coefficient (Wildman–Crippen LogP) is 3.49. The third-order valence-corrected chi connectivity index (χ3v) is 4.39. The van der Waals surface area contributed by atoms with Gasteiger partial charge in [0.1, 0.15) is 6.10 Å². The van der Waals surface area contributed by atoms with Gasteiger partial charge in [0.05, 0.1) is 28.4 Å². The summed E-state index contributed by atoms with van der Waals surface area (Å²) in [6.07, 6.45) is 1.32. The number of hydrogen-bond donors (Lipinski definition) is 1. The molecule has 0 unspecified atom stereocenters. The summed E-state index contributed by atoms with van der Waals surface area (Å²) in [4.78, 5) is 0. The molecule has 1 aliphatic heterocycles. The highest BCUT2D eigenvalue weighted by Gasteiger charge is 2.27. The Kier molecular flexibility index (Phi) is 4.79. The summed E-state index contributed by atoms with van der Waals surface area (Å²) in [5, 5.41) is 10.4. The highest BCUT2D eigenvalue weighted by atomic mass is 16.5. The minimum atomic E-state index is -0.237. The number of rotatable bonds is 5. The number of phenolic OH excluding ortho intramolecular Hbond substituents is 1. The molecule has 0 saturated carbocycles. The molecule has 1 heterocycles. The van der Waals surface area contributed by atoms with E-state index in [1.54, 1.807) is 27.4 Å². The molecule has 25 heavy (non-hydrogen) atoms. The average Bonchev–Trinajstić information content (AvgIpc) is 2.66. The molecule has 0 fully saturated rings. The Hall–Kier alpha value is -2.76. The number of aromatic hydroxyl groups is 1. The minimum Gasteiger partial charge on any atom is -0.502 e. The predicted molar refractivity (Wildman–Crippen MR) is 92.4 cm³/mol. The van der Waals surface area contributed by atoms with Gasteiger partial charge in [0.15, 0.2) is 23.0 Å².